The van der Waals surface area contributed by atoms with E-state index in [4.69, 9.17) is 9.47 Å². The molecule has 0 fully saturated rings. The summed E-state index contributed by atoms with van der Waals surface area (Å²) in [6.07, 6.45) is 1.58. The predicted octanol–water partition coefficient (Wildman–Crippen LogP) is 6.79. The monoisotopic (exact) mass is 581 g/mol. The standard InChI is InChI=1S/C27H24BrN3O3S2/c1-2-33-25-14-20(10-13-24(25)34-16-19-8-11-22(28)12-9-19)15-29-31-26(32)18-36-27-30-23(17-35-27)21-6-4-3-5-7-21/h3-15,17H,2,16,18H2,1H3,(H,31,32)/b29-15+. The van der Waals surface area contributed by atoms with Crippen LogP contribution in [0.25, 0.3) is 11.3 Å². The maximum atomic E-state index is 12.2. The number of nitrogens with one attached hydrogen (secondary N) is 1. The number of thioether (sulfide) groups is 1. The summed E-state index contributed by atoms with van der Waals surface area (Å²) in [7, 11) is 0. The van der Waals surface area contributed by atoms with Crippen LogP contribution in [-0.4, -0.2) is 29.5 Å². The van der Waals surface area contributed by atoms with Crippen molar-refractivity contribution in [1.82, 2.24) is 10.4 Å². The number of hydrogen-bond acceptors (Lipinski definition) is 7. The number of aromatic nitrogens is 1. The first-order chi connectivity index (χ1) is 17.6. The van der Waals surface area contributed by atoms with E-state index in [1.165, 1.54) is 23.1 Å². The molecule has 0 aliphatic rings. The fourth-order valence-corrected chi connectivity index (χ4v) is 5.03. The van der Waals surface area contributed by atoms with Crippen LogP contribution >= 0.6 is 39.0 Å². The molecule has 4 aromatic rings. The van der Waals surface area contributed by atoms with E-state index in [2.05, 4.69) is 31.4 Å². The quantitative estimate of drug-likeness (QED) is 0.120. The van der Waals surface area contributed by atoms with Gasteiger partial charge in [-0.1, -0.05) is 70.2 Å². The number of carbonyl (C=O) groups is 1. The fraction of sp³-hybridized carbons (Fsp3) is 0.148. The maximum Gasteiger partial charge on any atom is 0.250 e. The summed E-state index contributed by atoms with van der Waals surface area (Å²) >= 11 is 6.35. The smallest absolute Gasteiger partial charge is 0.250 e. The van der Waals surface area contributed by atoms with Crippen LogP contribution in [0.2, 0.25) is 0 Å². The lowest BCUT2D eigenvalue weighted by atomic mass is 10.2. The van der Waals surface area contributed by atoms with Crippen LogP contribution < -0.4 is 14.9 Å². The third-order valence-corrected chi connectivity index (χ3v) is 7.41. The number of benzene rings is 3. The van der Waals surface area contributed by atoms with E-state index in [1.807, 2.05) is 85.1 Å². The molecule has 4 rings (SSSR count). The van der Waals surface area contributed by atoms with E-state index in [0.717, 1.165) is 31.2 Å². The number of ether oxygens (including phenoxy) is 2. The van der Waals surface area contributed by atoms with Crippen LogP contribution in [0.5, 0.6) is 11.5 Å². The fourth-order valence-electron chi connectivity index (χ4n) is 3.14. The zero-order valence-corrected chi connectivity index (χ0v) is 22.7. The minimum absolute atomic E-state index is 0.202. The van der Waals surface area contributed by atoms with Gasteiger partial charge in [0, 0.05) is 15.4 Å². The van der Waals surface area contributed by atoms with Crippen molar-refractivity contribution in [1.29, 1.82) is 0 Å². The van der Waals surface area contributed by atoms with Crippen LogP contribution in [-0.2, 0) is 11.4 Å². The second-order valence-electron chi connectivity index (χ2n) is 7.50. The molecule has 0 saturated heterocycles. The van der Waals surface area contributed by atoms with Gasteiger partial charge in [-0.25, -0.2) is 10.4 Å². The summed E-state index contributed by atoms with van der Waals surface area (Å²) in [6, 6.07) is 23.5. The topological polar surface area (TPSA) is 72.8 Å². The molecule has 6 nitrogen and oxygen atoms in total. The van der Waals surface area contributed by atoms with Crippen LogP contribution in [0, 0.1) is 0 Å². The number of hydrogen-bond donors (Lipinski definition) is 1. The summed E-state index contributed by atoms with van der Waals surface area (Å²) in [5.74, 6) is 1.30. The summed E-state index contributed by atoms with van der Waals surface area (Å²) in [5, 5.41) is 6.08. The molecule has 1 N–H and O–H groups in total. The molecule has 184 valence electrons. The lowest BCUT2D eigenvalue weighted by Gasteiger charge is -2.12. The molecule has 0 bridgehead atoms. The van der Waals surface area contributed by atoms with E-state index in [9.17, 15) is 4.79 Å². The number of halogens is 1. The van der Waals surface area contributed by atoms with Gasteiger partial charge in [0.15, 0.2) is 15.8 Å². The van der Waals surface area contributed by atoms with Crippen molar-refractivity contribution in [3.8, 4) is 22.8 Å². The second-order valence-corrected chi connectivity index (χ2v) is 10.5. The highest BCUT2D eigenvalue weighted by Crippen LogP contribution is 2.29. The first-order valence-electron chi connectivity index (χ1n) is 11.2. The van der Waals surface area contributed by atoms with Crippen LogP contribution in [0.1, 0.15) is 18.1 Å². The van der Waals surface area contributed by atoms with Crippen molar-refractivity contribution in [3.05, 3.63) is 93.8 Å². The first-order valence-corrected chi connectivity index (χ1v) is 13.9. The number of amides is 1. The lowest BCUT2D eigenvalue weighted by Crippen LogP contribution is -2.19. The predicted molar refractivity (Wildman–Crippen MR) is 150 cm³/mol. The van der Waals surface area contributed by atoms with E-state index < -0.39 is 0 Å². The van der Waals surface area contributed by atoms with E-state index >= 15 is 0 Å². The molecular formula is C27H24BrN3O3S2. The molecule has 0 spiro atoms. The number of nitrogens with zero attached hydrogens (tertiary/aromatic N) is 2. The Bertz CT molecular complexity index is 1310. The highest BCUT2D eigenvalue weighted by atomic mass is 79.9. The Labute approximate surface area is 226 Å². The Hall–Kier alpha value is -3.14. The Morgan fingerprint density at radius 1 is 1.08 bits per heavy atom. The third kappa shape index (κ3) is 7.68. The lowest BCUT2D eigenvalue weighted by molar-refractivity contribution is -0.118. The van der Waals surface area contributed by atoms with Crippen molar-refractivity contribution in [3.63, 3.8) is 0 Å². The van der Waals surface area contributed by atoms with Crippen molar-refractivity contribution in [2.24, 2.45) is 5.10 Å². The van der Waals surface area contributed by atoms with Gasteiger partial charge in [-0.2, -0.15) is 5.10 Å². The Morgan fingerprint density at radius 2 is 1.89 bits per heavy atom. The van der Waals surface area contributed by atoms with Gasteiger partial charge in [0.2, 0.25) is 0 Å². The highest BCUT2D eigenvalue weighted by Gasteiger charge is 2.09. The first kappa shape index (κ1) is 25.9. The molecule has 3 aromatic carbocycles. The molecule has 0 aliphatic heterocycles. The Kier molecular flexibility index (Phi) is 9.54. The van der Waals surface area contributed by atoms with E-state index in [-0.39, 0.29) is 11.7 Å². The summed E-state index contributed by atoms with van der Waals surface area (Å²) in [6.45, 7) is 2.86. The average Bonchev–Trinajstić information content (AvgIpc) is 3.38. The van der Waals surface area contributed by atoms with Crippen molar-refractivity contribution in [2.45, 2.75) is 17.9 Å². The molecule has 0 unspecified atom stereocenters. The Balaban J connectivity index is 1.28. The molecule has 9 heteroatoms. The van der Waals surface area contributed by atoms with Crippen LogP contribution in [0.3, 0.4) is 0 Å². The zero-order chi connectivity index (χ0) is 25.2. The highest BCUT2D eigenvalue weighted by molar-refractivity contribution is 9.10. The van der Waals surface area contributed by atoms with Gasteiger partial charge in [-0.15, -0.1) is 11.3 Å². The molecule has 1 aromatic heterocycles. The van der Waals surface area contributed by atoms with Gasteiger partial charge < -0.3 is 9.47 Å². The summed E-state index contributed by atoms with van der Waals surface area (Å²) in [4.78, 5) is 16.8. The maximum absolute atomic E-state index is 12.2. The summed E-state index contributed by atoms with van der Waals surface area (Å²) < 4.78 is 13.6. The molecule has 0 radical (unpaired) electrons. The van der Waals surface area contributed by atoms with Gasteiger partial charge in [0.1, 0.15) is 6.61 Å². The van der Waals surface area contributed by atoms with Gasteiger partial charge in [-0.3, -0.25) is 4.79 Å². The molecule has 1 heterocycles. The van der Waals surface area contributed by atoms with E-state index in [0.29, 0.717) is 24.7 Å². The number of carbonyl (C=O) groups excluding carboxylic acids is 1. The minimum Gasteiger partial charge on any atom is -0.490 e. The minimum atomic E-state index is -0.202. The molecule has 1 amide bonds. The number of rotatable bonds is 11. The zero-order valence-electron chi connectivity index (χ0n) is 19.5. The van der Waals surface area contributed by atoms with Gasteiger partial charge >= 0.3 is 0 Å². The average molecular weight is 583 g/mol. The van der Waals surface area contributed by atoms with E-state index in [1.54, 1.807) is 6.21 Å². The summed E-state index contributed by atoms with van der Waals surface area (Å²) in [5.41, 5.74) is 6.38. The number of hydrazone groups is 1. The third-order valence-electron chi connectivity index (χ3n) is 4.86. The van der Waals surface area contributed by atoms with Gasteiger partial charge in [-0.05, 0) is 48.4 Å². The van der Waals surface area contributed by atoms with Crippen molar-refractivity contribution >= 4 is 51.2 Å². The molecule has 0 saturated carbocycles. The molecule has 0 atom stereocenters. The van der Waals surface area contributed by atoms with Crippen LogP contribution in [0.15, 0.2) is 92.1 Å². The molecule has 0 aliphatic carbocycles. The molecule has 36 heavy (non-hydrogen) atoms. The van der Waals surface area contributed by atoms with Crippen molar-refractivity contribution < 1.29 is 14.3 Å². The SMILES string of the molecule is CCOc1cc(/C=N/NC(=O)CSc2nc(-c3ccccc3)cs2)ccc1OCc1ccc(Br)cc1. The molecular weight excluding hydrogens is 558 g/mol. The Morgan fingerprint density at radius 3 is 2.67 bits per heavy atom. The van der Waals surface area contributed by atoms with Gasteiger partial charge in [0.25, 0.3) is 5.91 Å². The second kappa shape index (κ2) is 13.2. The number of thiazole rings is 1. The largest absolute Gasteiger partial charge is 0.490 e. The van der Waals surface area contributed by atoms with Gasteiger partial charge in [0.05, 0.1) is 24.3 Å². The van der Waals surface area contributed by atoms with Crippen molar-refractivity contribution in [2.75, 3.05) is 12.4 Å². The normalized spacial score (nSPS) is 10.9. The van der Waals surface area contributed by atoms with Crippen LogP contribution in [0.4, 0.5) is 0 Å².